The van der Waals surface area contributed by atoms with Crippen LogP contribution in [0, 0.1) is 0 Å². The second-order valence-corrected chi connectivity index (χ2v) is 3.25. The van der Waals surface area contributed by atoms with Crippen molar-refractivity contribution in [3.8, 4) is 11.5 Å². The fraction of sp³-hybridized carbons (Fsp3) is 0.273. The van der Waals surface area contributed by atoms with Crippen molar-refractivity contribution in [2.75, 3.05) is 7.11 Å². The number of carbonyl (C=O) groups is 1. The molecular weight excluding hydrogens is 208 g/mol. The highest BCUT2D eigenvalue weighted by atomic mass is 16.5. The normalized spacial score (nSPS) is 11.1. The molecule has 86 valence electrons. The number of nitrogens with one attached hydrogen (secondary N) is 1. The van der Waals surface area contributed by atoms with E-state index in [4.69, 9.17) is 4.74 Å². The highest BCUT2D eigenvalue weighted by molar-refractivity contribution is 5.99. The van der Waals surface area contributed by atoms with Crippen molar-refractivity contribution >= 4 is 11.6 Å². The van der Waals surface area contributed by atoms with Gasteiger partial charge >= 0.3 is 0 Å². The van der Waals surface area contributed by atoms with E-state index in [0.717, 1.165) is 5.56 Å². The number of ether oxygens (including phenoxy) is 1. The molecule has 0 aliphatic heterocycles. The first-order valence-electron chi connectivity index (χ1n) is 4.73. The van der Waals surface area contributed by atoms with Crippen LogP contribution in [0.2, 0.25) is 0 Å². The van der Waals surface area contributed by atoms with Gasteiger partial charge in [-0.3, -0.25) is 4.79 Å². The Morgan fingerprint density at radius 2 is 2.12 bits per heavy atom. The van der Waals surface area contributed by atoms with E-state index < -0.39 is 0 Å². The monoisotopic (exact) mass is 222 g/mol. The van der Waals surface area contributed by atoms with Gasteiger partial charge in [-0.1, -0.05) is 0 Å². The summed E-state index contributed by atoms with van der Waals surface area (Å²) in [6.07, 6.45) is 0. The number of rotatable bonds is 3. The van der Waals surface area contributed by atoms with Crippen molar-refractivity contribution in [3.63, 3.8) is 0 Å². The van der Waals surface area contributed by atoms with Gasteiger partial charge in [-0.2, -0.15) is 5.10 Å². The third-order valence-corrected chi connectivity index (χ3v) is 1.98. The van der Waals surface area contributed by atoms with Gasteiger partial charge in [-0.25, -0.2) is 5.43 Å². The number of phenolic OH excluding ortho intramolecular Hbond substituents is 1. The first-order chi connectivity index (χ1) is 7.54. The second-order valence-electron chi connectivity index (χ2n) is 3.25. The van der Waals surface area contributed by atoms with E-state index in [2.05, 4.69) is 10.5 Å². The Balaban J connectivity index is 2.95. The van der Waals surface area contributed by atoms with E-state index in [1.54, 1.807) is 19.1 Å². The lowest BCUT2D eigenvalue weighted by molar-refractivity contribution is -0.118. The quantitative estimate of drug-likeness (QED) is 0.597. The maximum atomic E-state index is 10.7. The highest BCUT2D eigenvalue weighted by Crippen LogP contribution is 2.26. The Morgan fingerprint density at radius 3 is 2.69 bits per heavy atom. The van der Waals surface area contributed by atoms with Gasteiger partial charge in [0.1, 0.15) is 0 Å². The van der Waals surface area contributed by atoms with Crippen LogP contribution in [0.1, 0.15) is 19.4 Å². The summed E-state index contributed by atoms with van der Waals surface area (Å²) in [4.78, 5) is 10.7. The Bertz CT molecular complexity index is 427. The molecule has 5 nitrogen and oxygen atoms in total. The average molecular weight is 222 g/mol. The van der Waals surface area contributed by atoms with Crippen LogP contribution in [-0.4, -0.2) is 23.8 Å². The summed E-state index contributed by atoms with van der Waals surface area (Å²) >= 11 is 0. The number of aromatic hydroxyl groups is 1. The Morgan fingerprint density at radius 1 is 1.44 bits per heavy atom. The number of hydrogen-bond donors (Lipinski definition) is 2. The van der Waals surface area contributed by atoms with Crippen molar-refractivity contribution in [3.05, 3.63) is 23.8 Å². The molecule has 1 amide bonds. The van der Waals surface area contributed by atoms with E-state index in [0.29, 0.717) is 11.5 Å². The molecule has 0 aliphatic rings. The molecule has 0 spiro atoms. The Kier molecular flexibility index (Phi) is 3.88. The van der Waals surface area contributed by atoms with Crippen LogP contribution in [0.4, 0.5) is 0 Å². The number of phenols is 1. The van der Waals surface area contributed by atoms with Crippen molar-refractivity contribution in [1.29, 1.82) is 0 Å². The SMILES string of the molecule is COc1cc(C(C)=NNC(C)=O)ccc1O. The summed E-state index contributed by atoms with van der Waals surface area (Å²) < 4.78 is 4.97. The fourth-order valence-corrected chi connectivity index (χ4v) is 1.13. The number of benzene rings is 1. The summed E-state index contributed by atoms with van der Waals surface area (Å²) in [7, 11) is 1.47. The summed E-state index contributed by atoms with van der Waals surface area (Å²) in [5.74, 6) is 0.207. The standard InChI is InChI=1S/C11H14N2O3/c1-7(12-13-8(2)14)9-4-5-10(15)11(6-9)16-3/h4-6,15H,1-3H3,(H,13,14). The van der Waals surface area contributed by atoms with E-state index in [1.807, 2.05) is 0 Å². The fourth-order valence-electron chi connectivity index (χ4n) is 1.13. The minimum absolute atomic E-state index is 0.0681. The molecule has 0 saturated heterocycles. The third kappa shape index (κ3) is 2.98. The number of hydrogen-bond acceptors (Lipinski definition) is 4. The van der Waals surface area contributed by atoms with Crippen LogP contribution in [0.3, 0.4) is 0 Å². The molecule has 16 heavy (non-hydrogen) atoms. The Hall–Kier alpha value is -2.04. The molecule has 1 aromatic rings. The molecule has 0 bridgehead atoms. The summed E-state index contributed by atoms with van der Waals surface area (Å²) in [5.41, 5.74) is 3.74. The molecule has 0 aromatic heterocycles. The molecule has 1 aromatic carbocycles. The van der Waals surface area contributed by atoms with E-state index in [9.17, 15) is 9.90 Å². The highest BCUT2D eigenvalue weighted by Gasteiger charge is 2.04. The molecule has 0 fully saturated rings. The first-order valence-corrected chi connectivity index (χ1v) is 4.73. The average Bonchev–Trinajstić information content (AvgIpc) is 2.26. The minimum Gasteiger partial charge on any atom is -0.504 e. The molecule has 1 rings (SSSR count). The molecule has 0 heterocycles. The molecule has 2 N–H and O–H groups in total. The van der Waals surface area contributed by atoms with Crippen LogP contribution >= 0.6 is 0 Å². The number of hydrazone groups is 1. The van der Waals surface area contributed by atoms with Gasteiger partial charge in [0.2, 0.25) is 5.91 Å². The molecule has 0 saturated carbocycles. The zero-order valence-electron chi connectivity index (χ0n) is 9.44. The lowest BCUT2D eigenvalue weighted by atomic mass is 10.1. The van der Waals surface area contributed by atoms with E-state index in [1.165, 1.54) is 20.1 Å². The van der Waals surface area contributed by atoms with Crippen molar-refractivity contribution in [2.24, 2.45) is 5.10 Å². The number of carbonyl (C=O) groups excluding carboxylic acids is 1. The predicted molar refractivity (Wildman–Crippen MR) is 60.7 cm³/mol. The van der Waals surface area contributed by atoms with Gasteiger partial charge < -0.3 is 9.84 Å². The molecule has 5 heteroatoms. The van der Waals surface area contributed by atoms with Crippen LogP contribution < -0.4 is 10.2 Å². The van der Waals surface area contributed by atoms with Crippen LogP contribution in [-0.2, 0) is 4.79 Å². The summed E-state index contributed by atoms with van der Waals surface area (Å²) in [5, 5.41) is 13.3. The van der Waals surface area contributed by atoms with E-state index >= 15 is 0 Å². The molecule has 0 unspecified atom stereocenters. The second kappa shape index (κ2) is 5.16. The summed E-state index contributed by atoms with van der Waals surface area (Å²) in [6.45, 7) is 3.13. The largest absolute Gasteiger partial charge is 0.504 e. The van der Waals surface area contributed by atoms with Crippen molar-refractivity contribution in [2.45, 2.75) is 13.8 Å². The zero-order chi connectivity index (χ0) is 12.1. The molecular formula is C11H14N2O3. The molecule has 0 atom stereocenters. The smallest absolute Gasteiger partial charge is 0.236 e. The predicted octanol–water partition coefficient (Wildman–Crippen LogP) is 1.26. The minimum atomic E-state index is -0.231. The van der Waals surface area contributed by atoms with Crippen molar-refractivity contribution in [1.82, 2.24) is 5.43 Å². The number of nitrogens with zero attached hydrogens (tertiary/aromatic N) is 1. The van der Waals surface area contributed by atoms with Crippen molar-refractivity contribution < 1.29 is 14.6 Å². The summed E-state index contributed by atoms with van der Waals surface area (Å²) in [6, 6.07) is 4.86. The maximum absolute atomic E-state index is 10.7. The lowest BCUT2D eigenvalue weighted by Gasteiger charge is -2.06. The van der Waals surface area contributed by atoms with Gasteiger partial charge in [0.05, 0.1) is 12.8 Å². The number of methoxy groups -OCH3 is 1. The van der Waals surface area contributed by atoms with Gasteiger partial charge in [0.15, 0.2) is 11.5 Å². The Labute approximate surface area is 93.7 Å². The van der Waals surface area contributed by atoms with Crippen LogP contribution in [0.15, 0.2) is 23.3 Å². The van der Waals surface area contributed by atoms with Gasteiger partial charge in [0, 0.05) is 12.5 Å². The zero-order valence-corrected chi connectivity index (χ0v) is 9.44. The van der Waals surface area contributed by atoms with Crippen LogP contribution in [0.5, 0.6) is 11.5 Å². The van der Waals surface area contributed by atoms with Crippen LogP contribution in [0.25, 0.3) is 0 Å². The molecule has 0 radical (unpaired) electrons. The maximum Gasteiger partial charge on any atom is 0.236 e. The molecule has 0 aliphatic carbocycles. The first kappa shape index (κ1) is 12.0. The van der Waals surface area contributed by atoms with E-state index in [-0.39, 0.29) is 11.7 Å². The van der Waals surface area contributed by atoms with Gasteiger partial charge in [-0.15, -0.1) is 0 Å². The lowest BCUT2D eigenvalue weighted by Crippen LogP contribution is -2.15. The topological polar surface area (TPSA) is 70.9 Å². The van der Waals surface area contributed by atoms with Gasteiger partial charge in [-0.05, 0) is 25.1 Å². The third-order valence-electron chi connectivity index (χ3n) is 1.98. The number of amides is 1. The van der Waals surface area contributed by atoms with Gasteiger partial charge in [0.25, 0.3) is 0 Å².